The SMILES string of the molecule is Cc1onc(-c2ccccc2)c1-c1csc(C2CCN(C(=O)Cc3ccc(F)c(F)c3)CC2)n1. The van der Waals surface area contributed by atoms with Crippen LogP contribution >= 0.6 is 11.3 Å². The van der Waals surface area contributed by atoms with Crippen LogP contribution in [0.25, 0.3) is 22.5 Å². The number of carbonyl (C=O) groups is 1. The zero-order valence-electron chi connectivity index (χ0n) is 18.6. The van der Waals surface area contributed by atoms with Crippen molar-refractivity contribution in [1.29, 1.82) is 0 Å². The molecule has 0 bridgehead atoms. The van der Waals surface area contributed by atoms with Crippen LogP contribution in [0.3, 0.4) is 0 Å². The highest BCUT2D eigenvalue weighted by Gasteiger charge is 2.27. The van der Waals surface area contributed by atoms with E-state index < -0.39 is 11.6 Å². The summed E-state index contributed by atoms with van der Waals surface area (Å²) in [6.45, 7) is 3.12. The number of aromatic nitrogens is 2. The molecule has 1 amide bonds. The molecule has 0 N–H and O–H groups in total. The van der Waals surface area contributed by atoms with E-state index in [9.17, 15) is 13.6 Å². The van der Waals surface area contributed by atoms with E-state index in [0.717, 1.165) is 58.3 Å². The van der Waals surface area contributed by atoms with Gasteiger partial charge < -0.3 is 9.42 Å². The third-order valence-electron chi connectivity index (χ3n) is 6.22. The number of amides is 1. The Kier molecular flexibility index (Phi) is 6.24. The first kappa shape index (κ1) is 22.4. The average Bonchev–Trinajstić information content (AvgIpc) is 3.49. The van der Waals surface area contributed by atoms with Crippen molar-refractivity contribution in [3.8, 4) is 22.5 Å². The summed E-state index contributed by atoms with van der Waals surface area (Å²) in [5, 5.41) is 7.35. The summed E-state index contributed by atoms with van der Waals surface area (Å²) in [5.41, 5.74) is 4.01. The van der Waals surface area contributed by atoms with Crippen molar-refractivity contribution in [2.24, 2.45) is 0 Å². The molecule has 5 nitrogen and oxygen atoms in total. The summed E-state index contributed by atoms with van der Waals surface area (Å²) in [6, 6.07) is 13.5. The lowest BCUT2D eigenvalue weighted by atomic mass is 9.97. The second-order valence-electron chi connectivity index (χ2n) is 8.48. The number of halogens is 2. The van der Waals surface area contributed by atoms with Crippen molar-refractivity contribution < 1.29 is 18.1 Å². The molecule has 0 radical (unpaired) electrons. The van der Waals surface area contributed by atoms with Gasteiger partial charge in [0.05, 0.1) is 22.7 Å². The van der Waals surface area contributed by atoms with Gasteiger partial charge in [-0.3, -0.25) is 4.79 Å². The summed E-state index contributed by atoms with van der Waals surface area (Å²) in [5.74, 6) is -0.907. The van der Waals surface area contributed by atoms with Crippen LogP contribution in [0.15, 0.2) is 58.4 Å². The van der Waals surface area contributed by atoms with E-state index in [-0.39, 0.29) is 18.2 Å². The topological polar surface area (TPSA) is 59.2 Å². The molecule has 34 heavy (non-hydrogen) atoms. The molecule has 0 unspecified atom stereocenters. The molecule has 5 rings (SSSR count). The highest BCUT2D eigenvalue weighted by molar-refractivity contribution is 7.10. The maximum Gasteiger partial charge on any atom is 0.226 e. The average molecular weight is 480 g/mol. The summed E-state index contributed by atoms with van der Waals surface area (Å²) in [6.07, 6.45) is 1.69. The molecule has 4 aromatic rings. The number of nitrogens with zero attached hydrogens (tertiary/aromatic N) is 3. The summed E-state index contributed by atoms with van der Waals surface area (Å²) in [7, 11) is 0. The van der Waals surface area contributed by atoms with Gasteiger partial charge in [-0.05, 0) is 37.5 Å². The number of benzene rings is 2. The standard InChI is InChI=1S/C26H23F2N3O2S/c1-16-24(25(30-33-16)18-5-3-2-4-6-18)22-15-34-26(29-22)19-9-11-31(12-10-19)23(32)14-17-7-8-20(27)21(28)13-17/h2-8,13,15,19H,9-12,14H2,1H3. The van der Waals surface area contributed by atoms with Gasteiger partial charge in [0, 0.05) is 30.0 Å². The molecule has 8 heteroatoms. The van der Waals surface area contributed by atoms with Crippen LogP contribution in [-0.2, 0) is 11.2 Å². The number of aryl methyl sites for hydroxylation is 1. The van der Waals surface area contributed by atoms with Crippen molar-refractivity contribution in [2.45, 2.75) is 32.1 Å². The van der Waals surface area contributed by atoms with Gasteiger partial charge in [0.15, 0.2) is 11.6 Å². The fraction of sp³-hybridized carbons (Fsp3) is 0.269. The number of hydrogen-bond donors (Lipinski definition) is 0. The van der Waals surface area contributed by atoms with Crippen molar-refractivity contribution in [2.75, 3.05) is 13.1 Å². The summed E-state index contributed by atoms with van der Waals surface area (Å²) < 4.78 is 32.1. The Morgan fingerprint density at radius 3 is 2.62 bits per heavy atom. The molecule has 174 valence electrons. The van der Waals surface area contributed by atoms with Gasteiger partial charge in [-0.25, -0.2) is 13.8 Å². The molecule has 2 aromatic carbocycles. The smallest absolute Gasteiger partial charge is 0.226 e. The van der Waals surface area contributed by atoms with E-state index in [1.165, 1.54) is 6.07 Å². The zero-order chi connectivity index (χ0) is 23.7. The number of carbonyl (C=O) groups excluding carboxylic acids is 1. The Labute approximate surface area is 200 Å². The van der Waals surface area contributed by atoms with E-state index in [0.29, 0.717) is 18.7 Å². The Hall–Kier alpha value is -3.39. The fourth-order valence-electron chi connectivity index (χ4n) is 4.37. The van der Waals surface area contributed by atoms with E-state index in [1.807, 2.05) is 42.6 Å². The predicted octanol–water partition coefficient (Wildman–Crippen LogP) is 6.00. The van der Waals surface area contributed by atoms with Crippen molar-refractivity contribution in [3.05, 3.63) is 81.9 Å². The molecule has 3 heterocycles. The summed E-state index contributed by atoms with van der Waals surface area (Å²) in [4.78, 5) is 19.4. The number of likely N-dealkylation sites (tertiary alicyclic amines) is 1. The molecular formula is C26H23F2N3O2S. The number of piperidine rings is 1. The molecule has 1 aliphatic rings. The van der Waals surface area contributed by atoms with Crippen LogP contribution in [0.4, 0.5) is 8.78 Å². The lowest BCUT2D eigenvalue weighted by Gasteiger charge is -2.31. The molecular weight excluding hydrogens is 456 g/mol. The van der Waals surface area contributed by atoms with E-state index in [1.54, 1.807) is 16.2 Å². The molecule has 0 atom stereocenters. The monoisotopic (exact) mass is 479 g/mol. The first-order chi connectivity index (χ1) is 16.5. The van der Waals surface area contributed by atoms with Crippen LogP contribution in [0.1, 0.15) is 35.1 Å². The number of thiazole rings is 1. The Balaban J connectivity index is 1.25. The van der Waals surface area contributed by atoms with E-state index in [4.69, 9.17) is 9.51 Å². The van der Waals surface area contributed by atoms with Gasteiger partial charge in [-0.2, -0.15) is 0 Å². The van der Waals surface area contributed by atoms with Crippen molar-refractivity contribution in [1.82, 2.24) is 15.0 Å². The third-order valence-corrected chi connectivity index (χ3v) is 7.23. The second-order valence-corrected chi connectivity index (χ2v) is 9.37. The Morgan fingerprint density at radius 2 is 1.88 bits per heavy atom. The maximum atomic E-state index is 13.4. The molecule has 2 aromatic heterocycles. The molecule has 1 aliphatic heterocycles. The normalized spacial score (nSPS) is 14.5. The van der Waals surface area contributed by atoms with Gasteiger partial charge in [-0.15, -0.1) is 11.3 Å². The van der Waals surface area contributed by atoms with Crippen molar-refractivity contribution >= 4 is 17.2 Å². The van der Waals surface area contributed by atoms with Crippen LogP contribution in [0.5, 0.6) is 0 Å². The molecule has 0 spiro atoms. The lowest BCUT2D eigenvalue weighted by molar-refractivity contribution is -0.131. The molecule has 0 aliphatic carbocycles. The minimum atomic E-state index is -0.929. The molecule has 1 saturated heterocycles. The predicted molar refractivity (Wildman–Crippen MR) is 126 cm³/mol. The zero-order valence-corrected chi connectivity index (χ0v) is 19.4. The van der Waals surface area contributed by atoms with Crippen LogP contribution in [-0.4, -0.2) is 34.0 Å². The first-order valence-electron chi connectivity index (χ1n) is 11.2. The van der Waals surface area contributed by atoms with E-state index in [2.05, 4.69) is 5.16 Å². The second kappa shape index (κ2) is 9.46. The van der Waals surface area contributed by atoms with Crippen LogP contribution in [0.2, 0.25) is 0 Å². The van der Waals surface area contributed by atoms with E-state index >= 15 is 0 Å². The van der Waals surface area contributed by atoms with Gasteiger partial charge in [0.1, 0.15) is 11.5 Å². The van der Waals surface area contributed by atoms with Crippen LogP contribution in [0, 0.1) is 18.6 Å². The van der Waals surface area contributed by atoms with Gasteiger partial charge in [-0.1, -0.05) is 41.6 Å². The minimum absolute atomic E-state index is 0.0678. The van der Waals surface area contributed by atoms with Gasteiger partial charge >= 0.3 is 0 Å². The van der Waals surface area contributed by atoms with Gasteiger partial charge in [0.25, 0.3) is 0 Å². The Morgan fingerprint density at radius 1 is 1.12 bits per heavy atom. The molecule has 0 saturated carbocycles. The minimum Gasteiger partial charge on any atom is -0.360 e. The van der Waals surface area contributed by atoms with Gasteiger partial charge in [0.2, 0.25) is 5.91 Å². The lowest BCUT2D eigenvalue weighted by Crippen LogP contribution is -2.38. The highest BCUT2D eigenvalue weighted by Crippen LogP contribution is 2.38. The fourth-order valence-corrected chi connectivity index (χ4v) is 5.35. The largest absolute Gasteiger partial charge is 0.360 e. The highest BCUT2D eigenvalue weighted by atomic mass is 32.1. The quantitative estimate of drug-likeness (QED) is 0.352. The first-order valence-corrected chi connectivity index (χ1v) is 12.1. The van der Waals surface area contributed by atoms with Crippen LogP contribution < -0.4 is 0 Å². The summed E-state index contributed by atoms with van der Waals surface area (Å²) >= 11 is 1.62. The Bertz CT molecular complexity index is 1310. The van der Waals surface area contributed by atoms with Crippen molar-refractivity contribution in [3.63, 3.8) is 0 Å². The molecule has 1 fully saturated rings. The maximum absolute atomic E-state index is 13.4. The number of hydrogen-bond acceptors (Lipinski definition) is 5. The third kappa shape index (κ3) is 4.50. The number of rotatable bonds is 5.